The Balaban J connectivity index is 1.42. The summed E-state index contributed by atoms with van der Waals surface area (Å²) in [7, 11) is 0. The molecule has 0 aromatic carbocycles. The van der Waals surface area contributed by atoms with Crippen LogP contribution in [0, 0.1) is 0 Å². The van der Waals surface area contributed by atoms with E-state index < -0.39 is 42.9 Å². The SMILES string of the molecule is CC(Nc1ncc2c(-c3ccn4ncc(C(=O)NC5CC(F)(F)C5)c4c3)c[nH]c2n1)C(F)(F)F. The van der Waals surface area contributed by atoms with E-state index in [9.17, 15) is 26.7 Å². The van der Waals surface area contributed by atoms with Gasteiger partial charge in [0, 0.05) is 48.4 Å². The van der Waals surface area contributed by atoms with E-state index in [1.807, 2.05) is 0 Å². The van der Waals surface area contributed by atoms with Crippen LogP contribution in [0.1, 0.15) is 30.1 Å². The maximum absolute atomic E-state index is 13.1. The van der Waals surface area contributed by atoms with Gasteiger partial charge in [0.05, 0.1) is 17.3 Å². The number of anilines is 1. The zero-order valence-electron chi connectivity index (χ0n) is 17.6. The molecule has 1 amide bonds. The van der Waals surface area contributed by atoms with Crippen LogP contribution in [0.5, 0.6) is 0 Å². The Labute approximate surface area is 188 Å². The van der Waals surface area contributed by atoms with E-state index in [1.54, 1.807) is 24.5 Å². The number of halogens is 5. The third-order valence-electron chi connectivity index (χ3n) is 5.77. The molecule has 1 fully saturated rings. The third kappa shape index (κ3) is 4.01. The lowest BCUT2D eigenvalue weighted by Crippen LogP contribution is -2.50. The Hall–Kier alpha value is -3.77. The number of rotatable bonds is 5. The van der Waals surface area contributed by atoms with Crippen LogP contribution in [0.4, 0.5) is 27.9 Å². The smallest absolute Gasteiger partial charge is 0.349 e. The van der Waals surface area contributed by atoms with Gasteiger partial charge in [-0.3, -0.25) is 4.79 Å². The number of aromatic nitrogens is 5. The summed E-state index contributed by atoms with van der Waals surface area (Å²) in [4.78, 5) is 23.6. The largest absolute Gasteiger partial charge is 0.408 e. The molecule has 3 N–H and O–H groups in total. The number of carbonyl (C=O) groups is 1. The van der Waals surface area contributed by atoms with Gasteiger partial charge in [0.2, 0.25) is 5.95 Å². The molecule has 1 unspecified atom stereocenters. The Bertz CT molecular complexity index is 1390. The number of hydrogen-bond donors (Lipinski definition) is 3. The maximum atomic E-state index is 13.1. The van der Waals surface area contributed by atoms with E-state index in [2.05, 4.69) is 30.7 Å². The molecule has 5 rings (SSSR count). The van der Waals surface area contributed by atoms with Crippen molar-refractivity contribution in [3.8, 4) is 11.1 Å². The van der Waals surface area contributed by atoms with Gasteiger partial charge in [-0.1, -0.05) is 0 Å². The number of H-pyrrole nitrogens is 1. The fraction of sp³-hybridized carbons (Fsp3) is 0.333. The molecule has 8 nitrogen and oxygen atoms in total. The molecule has 1 atom stereocenters. The molecule has 1 saturated carbocycles. The highest BCUT2D eigenvalue weighted by Crippen LogP contribution is 2.37. The van der Waals surface area contributed by atoms with Crippen molar-refractivity contribution in [2.45, 2.75) is 43.9 Å². The van der Waals surface area contributed by atoms with Crippen molar-refractivity contribution in [1.82, 2.24) is 29.9 Å². The van der Waals surface area contributed by atoms with Crippen LogP contribution in [0.3, 0.4) is 0 Å². The minimum absolute atomic E-state index is 0.169. The van der Waals surface area contributed by atoms with Gasteiger partial charge in [-0.15, -0.1) is 0 Å². The van der Waals surface area contributed by atoms with Gasteiger partial charge in [0.15, 0.2) is 0 Å². The second kappa shape index (κ2) is 7.64. The number of alkyl halides is 5. The normalized spacial score (nSPS) is 17.0. The van der Waals surface area contributed by atoms with Gasteiger partial charge < -0.3 is 15.6 Å². The predicted molar refractivity (Wildman–Crippen MR) is 113 cm³/mol. The van der Waals surface area contributed by atoms with Gasteiger partial charge in [-0.25, -0.2) is 18.3 Å². The van der Waals surface area contributed by atoms with E-state index in [0.29, 0.717) is 27.7 Å². The summed E-state index contributed by atoms with van der Waals surface area (Å²) in [5, 5.41) is 9.53. The number of fused-ring (bicyclic) bond motifs is 2. The second-order valence-corrected chi connectivity index (χ2v) is 8.30. The molecule has 1 aliphatic carbocycles. The molecule has 0 radical (unpaired) electrons. The quantitative estimate of drug-likeness (QED) is 0.373. The summed E-state index contributed by atoms with van der Waals surface area (Å²) in [6.07, 6.45) is 0.819. The number of nitrogens with one attached hydrogen (secondary N) is 3. The minimum Gasteiger partial charge on any atom is -0.349 e. The highest BCUT2D eigenvalue weighted by molar-refractivity contribution is 6.02. The number of aromatic amines is 1. The average Bonchev–Trinajstić information content (AvgIpc) is 3.35. The summed E-state index contributed by atoms with van der Waals surface area (Å²) >= 11 is 0. The van der Waals surface area contributed by atoms with E-state index in [1.165, 1.54) is 16.9 Å². The molecule has 1 aliphatic rings. The predicted octanol–water partition coefficient (Wildman–Crippen LogP) is 4.16. The monoisotopic (exact) mass is 479 g/mol. The Kier molecular flexibility index (Phi) is 4.95. The van der Waals surface area contributed by atoms with E-state index >= 15 is 0 Å². The minimum atomic E-state index is -4.44. The summed E-state index contributed by atoms with van der Waals surface area (Å²) < 4.78 is 66.0. The van der Waals surface area contributed by atoms with E-state index in [0.717, 1.165) is 6.92 Å². The molecule has 4 aromatic rings. The Morgan fingerprint density at radius 3 is 2.76 bits per heavy atom. The fourth-order valence-corrected chi connectivity index (χ4v) is 3.84. The van der Waals surface area contributed by atoms with E-state index in [4.69, 9.17) is 0 Å². The van der Waals surface area contributed by atoms with Gasteiger partial charge in [-0.2, -0.15) is 23.3 Å². The second-order valence-electron chi connectivity index (χ2n) is 8.30. The molecule has 4 heterocycles. The fourth-order valence-electron chi connectivity index (χ4n) is 3.84. The standard InChI is InChI=1S/C21H18F5N7O/c1-10(21(24,25)26)30-19-28-8-14-13(7-27-17(14)32-19)11-2-3-33-16(4-11)15(9-29-33)18(34)31-12-5-20(22,23)6-12/h2-4,7-10,12H,5-6H2,1H3,(H,31,34)(H2,27,28,30,32). The van der Waals surface area contributed by atoms with Crippen molar-refractivity contribution in [3.63, 3.8) is 0 Å². The zero-order valence-corrected chi connectivity index (χ0v) is 17.6. The van der Waals surface area contributed by atoms with Crippen LogP contribution in [0.2, 0.25) is 0 Å². The summed E-state index contributed by atoms with van der Waals surface area (Å²) in [5.74, 6) is -3.41. The first kappa shape index (κ1) is 22.0. The summed E-state index contributed by atoms with van der Waals surface area (Å²) in [6.45, 7) is 0.971. The third-order valence-corrected chi connectivity index (χ3v) is 5.77. The van der Waals surface area contributed by atoms with Crippen molar-refractivity contribution in [2.75, 3.05) is 5.32 Å². The van der Waals surface area contributed by atoms with Crippen LogP contribution in [0.15, 0.2) is 36.9 Å². The van der Waals surface area contributed by atoms with Crippen molar-refractivity contribution in [2.24, 2.45) is 0 Å². The Morgan fingerprint density at radius 2 is 2.06 bits per heavy atom. The molecule has 4 aromatic heterocycles. The molecular weight excluding hydrogens is 461 g/mol. The van der Waals surface area contributed by atoms with E-state index in [-0.39, 0.29) is 11.5 Å². The summed E-state index contributed by atoms with van der Waals surface area (Å²) in [5.41, 5.74) is 2.38. The highest BCUT2D eigenvalue weighted by Gasteiger charge is 2.46. The van der Waals surface area contributed by atoms with Crippen molar-refractivity contribution < 1.29 is 26.7 Å². The van der Waals surface area contributed by atoms with Crippen molar-refractivity contribution in [1.29, 1.82) is 0 Å². The first-order valence-electron chi connectivity index (χ1n) is 10.3. The molecule has 178 valence electrons. The summed E-state index contributed by atoms with van der Waals surface area (Å²) in [6, 6.07) is 1.04. The molecular formula is C21H18F5N7O. The van der Waals surface area contributed by atoms with Crippen LogP contribution in [-0.4, -0.2) is 54.7 Å². The average molecular weight is 479 g/mol. The zero-order chi connectivity index (χ0) is 24.3. The number of carbonyl (C=O) groups excluding carboxylic acids is 1. The maximum Gasteiger partial charge on any atom is 0.408 e. The molecule has 34 heavy (non-hydrogen) atoms. The van der Waals surface area contributed by atoms with Crippen molar-refractivity contribution in [3.05, 3.63) is 42.5 Å². The van der Waals surface area contributed by atoms with Gasteiger partial charge >= 0.3 is 6.18 Å². The molecule has 0 spiro atoms. The number of amides is 1. The first-order chi connectivity index (χ1) is 16.0. The van der Waals surface area contributed by atoms with Crippen LogP contribution in [0.25, 0.3) is 27.7 Å². The van der Waals surface area contributed by atoms with Crippen LogP contribution < -0.4 is 10.6 Å². The number of pyridine rings is 1. The lowest BCUT2D eigenvalue weighted by atomic mass is 9.88. The lowest BCUT2D eigenvalue weighted by Gasteiger charge is -2.35. The first-order valence-corrected chi connectivity index (χ1v) is 10.3. The number of nitrogens with zero attached hydrogens (tertiary/aromatic N) is 4. The molecule has 0 bridgehead atoms. The number of hydrogen-bond acceptors (Lipinski definition) is 5. The highest BCUT2D eigenvalue weighted by atomic mass is 19.4. The molecule has 0 aliphatic heterocycles. The molecule has 0 saturated heterocycles. The lowest BCUT2D eigenvalue weighted by molar-refractivity contribution is -0.138. The van der Waals surface area contributed by atoms with Crippen molar-refractivity contribution >= 4 is 28.4 Å². The van der Waals surface area contributed by atoms with Gasteiger partial charge in [-0.05, 0) is 24.6 Å². The topological polar surface area (TPSA) is 100 Å². The van der Waals surface area contributed by atoms with Gasteiger partial charge in [0.25, 0.3) is 11.8 Å². The Morgan fingerprint density at radius 1 is 1.29 bits per heavy atom. The van der Waals surface area contributed by atoms with Crippen LogP contribution in [-0.2, 0) is 0 Å². The van der Waals surface area contributed by atoms with Crippen LogP contribution >= 0.6 is 0 Å². The molecule has 13 heteroatoms. The van der Waals surface area contributed by atoms with Gasteiger partial charge in [0.1, 0.15) is 11.7 Å².